The van der Waals surface area contributed by atoms with Crippen LogP contribution < -0.4 is 5.43 Å². The van der Waals surface area contributed by atoms with Gasteiger partial charge in [0.25, 0.3) is 0 Å². The monoisotopic (exact) mass is 184 g/mol. The van der Waals surface area contributed by atoms with Gasteiger partial charge in [0.1, 0.15) is 0 Å². The maximum atomic E-state index is 8.58. The molecule has 2 N–H and O–H groups in total. The van der Waals surface area contributed by atoms with Crippen molar-refractivity contribution in [3.63, 3.8) is 0 Å². The topological polar surface area (TPSA) is 44.6 Å². The van der Waals surface area contributed by atoms with Gasteiger partial charge >= 0.3 is 0 Å². The second-order valence-corrected chi connectivity index (χ2v) is 4.68. The third-order valence-corrected chi connectivity index (χ3v) is 2.53. The Hall–Kier alpha value is -0.570. The highest BCUT2D eigenvalue weighted by atomic mass is 16.3. The van der Waals surface area contributed by atoms with Gasteiger partial charge in [0.2, 0.25) is 0 Å². The molecule has 0 saturated heterocycles. The average Bonchev–Trinajstić information content (AvgIpc) is 2.25. The molecule has 0 radical (unpaired) electrons. The summed E-state index contributed by atoms with van der Waals surface area (Å²) in [5.41, 5.74) is 4.53. The van der Waals surface area contributed by atoms with E-state index in [0.29, 0.717) is 17.9 Å². The number of hydrazone groups is 1. The summed E-state index contributed by atoms with van der Waals surface area (Å²) in [6, 6.07) is 0. The summed E-state index contributed by atoms with van der Waals surface area (Å²) >= 11 is 0. The van der Waals surface area contributed by atoms with Crippen molar-refractivity contribution in [1.29, 1.82) is 0 Å². The molecular formula is C10H20N2O. The van der Waals surface area contributed by atoms with E-state index >= 15 is 0 Å². The lowest BCUT2D eigenvalue weighted by Crippen LogP contribution is -2.16. The van der Waals surface area contributed by atoms with Gasteiger partial charge in [-0.25, -0.2) is 0 Å². The minimum absolute atomic E-state index is 0.147. The highest BCUT2D eigenvalue weighted by Gasteiger charge is 2.33. The van der Waals surface area contributed by atoms with E-state index in [0.717, 1.165) is 6.42 Å². The van der Waals surface area contributed by atoms with Crippen LogP contribution in [0.2, 0.25) is 0 Å². The van der Waals surface area contributed by atoms with Crippen LogP contribution in [0.3, 0.4) is 0 Å². The molecule has 1 atom stereocenters. The molecule has 1 unspecified atom stereocenters. The number of hydrogen-bond donors (Lipinski definition) is 2. The van der Waals surface area contributed by atoms with Crippen LogP contribution in [0.15, 0.2) is 5.10 Å². The molecule has 1 aliphatic carbocycles. The van der Waals surface area contributed by atoms with Gasteiger partial charge in [0, 0.05) is 5.71 Å². The van der Waals surface area contributed by atoms with E-state index in [2.05, 4.69) is 31.3 Å². The molecule has 1 fully saturated rings. The molecule has 1 aliphatic rings. The summed E-state index contributed by atoms with van der Waals surface area (Å²) in [4.78, 5) is 0. The van der Waals surface area contributed by atoms with E-state index in [9.17, 15) is 0 Å². The number of nitrogens with one attached hydrogen (secondary N) is 1. The maximum absolute atomic E-state index is 8.58. The molecule has 0 aromatic rings. The van der Waals surface area contributed by atoms with Crippen LogP contribution in [0.25, 0.3) is 0 Å². The van der Waals surface area contributed by atoms with Crippen LogP contribution in [0.4, 0.5) is 0 Å². The van der Waals surface area contributed by atoms with Crippen LogP contribution in [-0.4, -0.2) is 24.0 Å². The second kappa shape index (κ2) is 4.09. The van der Waals surface area contributed by atoms with Crippen molar-refractivity contribution < 1.29 is 5.11 Å². The normalized spacial score (nSPS) is 29.5. The number of hydrogen-bond acceptors (Lipinski definition) is 3. The van der Waals surface area contributed by atoms with Crippen molar-refractivity contribution in [2.75, 3.05) is 13.2 Å². The Morgan fingerprint density at radius 1 is 1.62 bits per heavy atom. The van der Waals surface area contributed by atoms with E-state index in [-0.39, 0.29) is 6.61 Å². The first-order valence-electron chi connectivity index (χ1n) is 4.95. The van der Waals surface area contributed by atoms with Crippen LogP contribution in [0.1, 0.15) is 33.6 Å². The lowest BCUT2D eigenvalue weighted by atomic mass is 9.91. The van der Waals surface area contributed by atoms with Gasteiger partial charge in [-0.3, -0.25) is 0 Å². The number of aliphatic hydroxyl groups excluding tert-OH is 1. The predicted octanol–water partition coefficient (Wildman–Crippen LogP) is 1.38. The van der Waals surface area contributed by atoms with Crippen molar-refractivity contribution in [2.24, 2.45) is 16.4 Å². The molecular weight excluding hydrogens is 164 g/mol. The fourth-order valence-electron chi connectivity index (χ4n) is 2.04. The Balaban J connectivity index is 2.47. The second-order valence-electron chi connectivity index (χ2n) is 4.68. The van der Waals surface area contributed by atoms with Gasteiger partial charge in [0.05, 0.1) is 13.2 Å². The summed E-state index contributed by atoms with van der Waals surface area (Å²) in [5.74, 6) is 0.584. The van der Waals surface area contributed by atoms with Gasteiger partial charge in [-0.2, -0.15) is 5.10 Å². The Kier molecular flexibility index (Phi) is 3.31. The highest BCUT2D eigenvalue weighted by molar-refractivity contribution is 5.88. The standard InChI is InChI=1S/C10H20N2O/c1-8-6-10(2,3)7-9(8)12-11-4-5-13/h8,11,13H,4-7H2,1-3H3/b12-9+. The van der Waals surface area contributed by atoms with Crippen molar-refractivity contribution >= 4 is 5.71 Å². The summed E-state index contributed by atoms with van der Waals surface area (Å²) in [6.07, 6.45) is 2.29. The molecule has 0 amide bonds. The highest BCUT2D eigenvalue weighted by Crippen LogP contribution is 2.38. The molecule has 0 aromatic heterocycles. The average molecular weight is 184 g/mol. The Labute approximate surface area is 80.2 Å². The maximum Gasteiger partial charge on any atom is 0.0620 e. The Morgan fingerprint density at radius 3 is 2.77 bits per heavy atom. The molecule has 0 aromatic carbocycles. The van der Waals surface area contributed by atoms with E-state index < -0.39 is 0 Å². The van der Waals surface area contributed by atoms with Gasteiger partial charge in [-0.1, -0.05) is 20.8 Å². The molecule has 13 heavy (non-hydrogen) atoms. The molecule has 0 heterocycles. The van der Waals surface area contributed by atoms with Crippen LogP contribution in [-0.2, 0) is 0 Å². The number of aliphatic hydroxyl groups is 1. The minimum atomic E-state index is 0.147. The van der Waals surface area contributed by atoms with Crippen molar-refractivity contribution in [1.82, 2.24) is 5.43 Å². The molecule has 76 valence electrons. The summed E-state index contributed by atoms with van der Waals surface area (Å²) < 4.78 is 0. The van der Waals surface area contributed by atoms with Gasteiger partial charge in [-0.15, -0.1) is 0 Å². The van der Waals surface area contributed by atoms with Crippen LogP contribution >= 0.6 is 0 Å². The van der Waals surface area contributed by atoms with Crippen molar-refractivity contribution in [3.05, 3.63) is 0 Å². The predicted molar refractivity (Wildman–Crippen MR) is 54.7 cm³/mol. The smallest absolute Gasteiger partial charge is 0.0620 e. The van der Waals surface area contributed by atoms with Gasteiger partial charge < -0.3 is 10.5 Å². The van der Waals surface area contributed by atoms with Crippen molar-refractivity contribution in [2.45, 2.75) is 33.6 Å². The Bertz CT molecular complexity index is 199. The van der Waals surface area contributed by atoms with Crippen LogP contribution in [0.5, 0.6) is 0 Å². The Morgan fingerprint density at radius 2 is 2.31 bits per heavy atom. The third kappa shape index (κ3) is 2.99. The molecule has 3 heteroatoms. The summed E-state index contributed by atoms with van der Waals surface area (Å²) in [7, 11) is 0. The quantitative estimate of drug-likeness (QED) is 0.514. The zero-order chi connectivity index (χ0) is 9.90. The largest absolute Gasteiger partial charge is 0.394 e. The van der Waals surface area contributed by atoms with Crippen LogP contribution in [0, 0.1) is 11.3 Å². The lowest BCUT2D eigenvalue weighted by molar-refractivity contribution is 0.293. The van der Waals surface area contributed by atoms with Crippen molar-refractivity contribution in [3.8, 4) is 0 Å². The van der Waals surface area contributed by atoms with E-state index in [4.69, 9.17) is 5.11 Å². The first-order chi connectivity index (χ1) is 6.05. The summed E-state index contributed by atoms with van der Waals surface area (Å²) in [5, 5.41) is 12.9. The molecule has 0 spiro atoms. The van der Waals surface area contributed by atoms with Gasteiger partial charge in [0.15, 0.2) is 0 Å². The molecule has 3 nitrogen and oxygen atoms in total. The third-order valence-electron chi connectivity index (χ3n) is 2.53. The first-order valence-corrected chi connectivity index (χ1v) is 4.95. The van der Waals surface area contributed by atoms with Gasteiger partial charge in [-0.05, 0) is 24.2 Å². The number of rotatable bonds is 3. The zero-order valence-corrected chi connectivity index (χ0v) is 8.80. The fraction of sp³-hybridized carbons (Fsp3) is 0.900. The van der Waals surface area contributed by atoms with E-state index in [1.807, 2.05) is 0 Å². The van der Waals surface area contributed by atoms with E-state index in [1.54, 1.807) is 0 Å². The molecule has 1 saturated carbocycles. The zero-order valence-electron chi connectivity index (χ0n) is 8.80. The fourth-order valence-corrected chi connectivity index (χ4v) is 2.04. The molecule has 0 aliphatic heterocycles. The first kappa shape index (κ1) is 10.5. The number of nitrogens with zero attached hydrogens (tertiary/aromatic N) is 1. The summed E-state index contributed by atoms with van der Waals surface area (Å²) in [6.45, 7) is 7.47. The molecule has 0 bridgehead atoms. The SMILES string of the molecule is CC1CC(C)(C)C/C1=N\NCCO. The lowest BCUT2D eigenvalue weighted by Gasteiger charge is -2.14. The van der Waals surface area contributed by atoms with E-state index in [1.165, 1.54) is 12.1 Å². The molecule has 1 rings (SSSR count). The minimum Gasteiger partial charge on any atom is -0.394 e.